The maximum absolute atomic E-state index is 10.9. The summed E-state index contributed by atoms with van der Waals surface area (Å²) in [4.78, 5) is 13.1. The summed E-state index contributed by atoms with van der Waals surface area (Å²) < 4.78 is 0. The van der Waals surface area contributed by atoms with Gasteiger partial charge in [-0.15, -0.1) is 0 Å². The maximum Gasteiger partial charge on any atom is 0.307 e. The van der Waals surface area contributed by atoms with E-state index in [9.17, 15) is 4.79 Å². The summed E-state index contributed by atoms with van der Waals surface area (Å²) in [6.07, 6.45) is 2.62. The van der Waals surface area contributed by atoms with Gasteiger partial charge in [-0.25, -0.2) is 0 Å². The molecule has 0 aromatic heterocycles. The number of carboxylic acids is 1. The first-order valence-corrected chi connectivity index (χ1v) is 6.80. The van der Waals surface area contributed by atoms with Crippen LogP contribution in [0.5, 0.6) is 0 Å². The van der Waals surface area contributed by atoms with E-state index in [0.29, 0.717) is 12.6 Å². The Kier molecular flexibility index (Phi) is 4.56. The standard InChI is InChI=1S/C15H22N2O2/c1-17(14(9-16)11-6-7-11)10-13-5-3-2-4-12(13)8-15(18)19/h2-5,11,14H,6-10,16H2,1H3,(H,18,19). The summed E-state index contributed by atoms with van der Waals surface area (Å²) in [5, 5.41) is 8.95. The third kappa shape index (κ3) is 3.78. The van der Waals surface area contributed by atoms with Crippen molar-refractivity contribution in [2.24, 2.45) is 11.7 Å². The van der Waals surface area contributed by atoms with E-state index in [2.05, 4.69) is 11.9 Å². The number of carbonyl (C=O) groups is 1. The Morgan fingerprint density at radius 3 is 2.58 bits per heavy atom. The van der Waals surface area contributed by atoms with Gasteiger partial charge in [0.1, 0.15) is 0 Å². The minimum atomic E-state index is -0.785. The minimum absolute atomic E-state index is 0.0841. The van der Waals surface area contributed by atoms with Crippen LogP contribution in [0.15, 0.2) is 24.3 Å². The van der Waals surface area contributed by atoms with Crippen LogP contribution >= 0.6 is 0 Å². The van der Waals surface area contributed by atoms with E-state index < -0.39 is 5.97 Å². The van der Waals surface area contributed by atoms with E-state index in [-0.39, 0.29) is 6.42 Å². The van der Waals surface area contributed by atoms with Gasteiger partial charge in [-0.1, -0.05) is 24.3 Å². The maximum atomic E-state index is 10.9. The van der Waals surface area contributed by atoms with Crippen LogP contribution in [0.3, 0.4) is 0 Å². The highest BCUT2D eigenvalue weighted by molar-refractivity contribution is 5.70. The SMILES string of the molecule is CN(Cc1ccccc1CC(=O)O)C(CN)C1CC1. The average molecular weight is 262 g/mol. The summed E-state index contributed by atoms with van der Waals surface area (Å²) in [6, 6.07) is 8.17. The molecule has 0 aliphatic heterocycles. The first-order valence-electron chi connectivity index (χ1n) is 6.80. The lowest BCUT2D eigenvalue weighted by molar-refractivity contribution is -0.136. The molecule has 0 spiro atoms. The van der Waals surface area contributed by atoms with Crippen molar-refractivity contribution in [1.29, 1.82) is 0 Å². The number of likely N-dealkylation sites (N-methyl/N-ethyl adjacent to an activating group) is 1. The second-order valence-corrected chi connectivity index (χ2v) is 5.39. The van der Waals surface area contributed by atoms with Crippen LogP contribution < -0.4 is 5.73 Å². The number of nitrogens with two attached hydrogens (primary N) is 1. The molecule has 1 atom stereocenters. The molecule has 1 aliphatic carbocycles. The molecular formula is C15H22N2O2. The van der Waals surface area contributed by atoms with Crippen LogP contribution in [0.25, 0.3) is 0 Å². The first-order chi connectivity index (χ1) is 9.11. The fourth-order valence-corrected chi connectivity index (χ4v) is 2.65. The van der Waals surface area contributed by atoms with Gasteiger partial charge in [0.2, 0.25) is 0 Å². The van der Waals surface area contributed by atoms with Crippen LogP contribution in [0, 0.1) is 5.92 Å². The molecule has 0 heterocycles. The van der Waals surface area contributed by atoms with Gasteiger partial charge >= 0.3 is 5.97 Å². The van der Waals surface area contributed by atoms with Gasteiger partial charge in [-0.3, -0.25) is 9.69 Å². The van der Waals surface area contributed by atoms with Crippen molar-refractivity contribution in [3.8, 4) is 0 Å². The van der Waals surface area contributed by atoms with Crippen molar-refractivity contribution >= 4 is 5.97 Å². The smallest absolute Gasteiger partial charge is 0.307 e. The number of carboxylic acid groups (broad SMARTS) is 1. The Labute approximate surface area is 114 Å². The molecule has 104 valence electrons. The predicted molar refractivity (Wildman–Crippen MR) is 74.8 cm³/mol. The molecule has 3 N–H and O–H groups in total. The van der Waals surface area contributed by atoms with Crippen molar-refractivity contribution in [1.82, 2.24) is 4.90 Å². The summed E-state index contributed by atoms with van der Waals surface area (Å²) in [7, 11) is 2.08. The van der Waals surface area contributed by atoms with E-state index >= 15 is 0 Å². The molecular weight excluding hydrogens is 240 g/mol. The normalized spacial score (nSPS) is 16.6. The van der Waals surface area contributed by atoms with Crippen molar-refractivity contribution in [3.63, 3.8) is 0 Å². The summed E-state index contributed by atoms with van der Waals surface area (Å²) in [5.41, 5.74) is 7.84. The number of hydrogen-bond donors (Lipinski definition) is 2. The van der Waals surface area contributed by atoms with Gasteiger partial charge in [-0.05, 0) is 36.9 Å². The van der Waals surface area contributed by atoms with Crippen molar-refractivity contribution in [2.75, 3.05) is 13.6 Å². The average Bonchev–Trinajstić information content (AvgIpc) is 3.16. The third-order valence-electron chi connectivity index (χ3n) is 3.85. The zero-order valence-electron chi connectivity index (χ0n) is 11.4. The molecule has 0 bridgehead atoms. The topological polar surface area (TPSA) is 66.6 Å². The highest BCUT2D eigenvalue weighted by Gasteiger charge is 2.32. The molecule has 1 aromatic carbocycles. The predicted octanol–water partition coefficient (Wildman–Crippen LogP) is 1.48. The number of rotatable bonds is 7. The monoisotopic (exact) mass is 262 g/mol. The highest BCUT2D eigenvalue weighted by atomic mass is 16.4. The van der Waals surface area contributed by atoms with Crippen LogP contribution in [0.1, 0.15) is 24.0 Å². The highest BCUT2D eigenvalue weighted by Crippen LogP contribution is 2.35. The molecule has 1 saturated carbocycles. The Bertz CT molecular complexity index is 444. The number of benzene rings is 1. The van der Waals surface area contributed by atoms with E-state index in [1.165, 1.54) is 12.8 Å². The molecule has 0 amide bonds. The van der Waals surface area contributed by atoms with E-state index in [0.717, 1.165) is 23.6 Å². The summed E-state index contributed by atoms with van der Waals surface area (Å²) in [6.45, 7) is 1.43. The molecule has 2 rings (SSSR count). The van der Waals surface area contributed by atoms with Gasteiger partial charge in [-0.2, -0.15) is 0 Å². The molecule has 1 aliphatic rings. The fourth-order valence-electron chi connectivity index (χ4n) is 2.65. The van der Waals surface area contributed by atoms with Gasteiger partial charge in [0.05, 0.1) is 6.42 Å². The first kappa shape index (κ1) is 14.0. The molecule has 1 unspecified atom stereocenters. The molecule has 19 heavy (non-hydrogen) atoms. The third-order valence-corrected chi connectivity index (χ3v) is 3.85. The van der Waals surface area contributed by atoms with Crippen molar-refractivity contribution in [3.05, 3.63) is 35.4 Å². The van der Waals surface area contributed by atoms with Crippen LogP contribution in [0.4, 0.5) is 0 Å². The summed E-state index contributed by atoms with van der Waals surface area (Å²) >= 11 is 0. The Hall–Kier alpha value is -1.39. The Balaban J connectivity index is 2.06. The minimum Gasteiger partial charge on any atom is -0.481 e. The van der Waals surface area contributed by atoms with Crippen molar-refractivity contribution in [2.45, 2.75) is 31.8 Å². The number of aliphatic carboxylic acids is 1. The lowest BCUT2D eigenvalue weighted by Gasteiger charge is -2.27. The lowest BCUT2D eigenvalue weighted by Crippen LogP contribution is -2.39. The number of hydrogen-bond acceptors (Lipinski definition) is 3. The van der Waals surface area contributed by atoms with Crippen LogP contribution in [0.2, 0.25) is 0 Å². The molecule has 4 nitrogen and oxygen atoms in total. The van der Waals surface area contributed by atoms with Gasteiger partial charge in [0.15, 0.2) is 0 Å². The zero-order valence-corrected chi connectivity index (χ0v) is 11.4. The largest absolute Gasteiger partial charge is 0.481 e. The van der Waals surface area contributed by atoms with Crippen molar-refractivity contribution < 1.29 is 9.90 Å². The summed E-state index contributed by atoms with van der Waals surface area (Å²) in [5.74, 6) is -0.0608. The molecule has 1 aromatic rings. The van der Waals surface area contributed by atoms with E-state index in [1.807, 2.05) is 24.3 Å². The van der Waals surface area contributed by atoms with Crippen LogP contribution in [-0.2, 0) is 17.8 Å². The molecule has 0 radical (unpaired) electrons. The number of nitrogens with zero attached hydrogens (tertiary/aromatic N) is 1. The Morgan fingerprint density at radius 2 is 2.05 bits per heavy atom. The molecule has 0 saturated heterocycles. The van der Waals surface area contributed by atoms with Gasteiger partial charge in [0.25, 0.3) is 0 Å². The molecule has 4 heteroatoms. The zero-order chi connectivity index (χ0) is 13.8. The molecule has 1 fully saturated rings. The Morgan fingerprint density at radius 1 is 1.42 bits per heavy atom. The second-order valence-electron chi connectivity index (χ2n) is 5.39. The van der Waals surface area contributed by atoms with E-state index in [4.69, 9.17) is 10.8 Å². The van der Waals surface area contributed by atoms with Gasteiger partial charge < -0.3 is 10.8 Å². The quantitative estimate of drug-likeness (QED) is 0.781. The van der Waals surface area contributed by atoms with E-state index in [1.54, 1.807) is 0 Å². The lowest BCUT2D eigenvalue weighted by atomic mass is 10.0. The fraction of sp³-hybridized carbons (Fsp3) is 0.533. The second kappa shape index (κ2) is 6.17. The van der Waals surface area contributed by atoms with Crippen LogP contribution in [-0.4, -0.2) is 35.6 Å². The van der Waals surface area contributed by atoms with Gasteiger partial charge in [0, 0.05) is 19.1 Å².